The quantitative estimate of drug-likeness (QED) is 0.378. The van der Waals surface area contributed by atoms with Crippen LogP contribution in [0.1, 0.15) is 55.9 Å². The van der Waals surface area contributed by atoms with E-state index >= 15 is 4.39 Å². The van der Waals surface area contributed by atoms with Gasteiger partial charge in [-0.1, -0.05) is 61.5 Å². The molecule has 4 aliphatic rings. The van der Waals surface area contributed by atoms with Crippen LogP contribution in [0, 0.1) is 11.8 Å². The number of hydrogen-bond acceptors (Lipinski definition) is 5. The number of carbonyl (C=O) groups is 3. The van der Waals surface area contributed by atoms with Gasteiger partial charge in [0.2, 0.25) is 11.8 Å². The molecule has 0 radical (unpaired) electrons. The molecule has 46 heavy (non-hydrogen) atoms. The van der Waals surface area contributed by atoms with Gasteiger partial charge in [-0.2, -0.15) is 0 Å². The van der Waals surface area contributed by atoms with Crippen LogP contribution in [0.2, 0.25) is 0 Å². The number of β-lactam (4-membered cyclic amide) rings is 1. The predicted octanol–water partition coefficient (Wildman–Crippen LogP) is 4.90. The molecule has 2 saturated heterocycles. The third kappa shape index (κ3) is 4.83. The second kappa shape index (κ2) is 11.3. The van der Waals surface area contributed by atoms with Gasteiger partial charge in [0.1, 0.15) is 5.67 Å². The van der Waals surface area contributed by atoms with Crippen molar-refractivity contribution < 1.29 is 28.6 Å². The largest absolute Gasteiger partial charge is 0.394 e. The van der Waals surface area contributed by atoms with Crippen molar-refractivity contribution in [1.29, 1.82) is 0 Å². The number of benzene rings is 3. The number of ether oxygens (including phenoxy) is 1. The molecule has 3 aromatic carbocycles. The summed E-state index contributed by atoms with van der Waals surface area (Å²) in [5, 5.41) is 10.2. The molecule has 240 valence electrons. The van der Waals surface area contributed by atoms with Crippen LogP contribution in [-0.4, -0.2) is 58.7 Å². The molecule has 0 bridgehead atoms. The van der Waals surface area contributed by atoms with Gasteiger partial charge in [0.15, 0.2) is 5.60 Å². The average molecular weight is 626 g/mol. The zero-order valence-corrected chi connectivity index (χ0v) is 26.5. The van der Waals surface area contributed by atoms with Gasteiger partial charge in [0.05, 0.1) is 37.4 Å². The maximum atomic E-state index is 16.2. The highest BCUT2D eigenvalue weighted by molar-refractivity contribution is 6.07. The Morgan fingerprint density at radius 1 is 1.02 bits per heavy atom. The number of aliphatic hydroxyl groups is 1. The molecule has 3 amide bonds. The zero-order chi connectivity index (χ0) is 32.4. The van der Waals surface area contributed by atoms with Crippen LogP contribution in [0.5, 0.6) is 0 Å². The van der Waals surface area contributed by atoms with Crippen LogP contribution in [0.15, 0.2) is 72.8 Å². The monoisotopic (exact) mass is 625 g/mol. The SMILES string of the molecule is C[C@H]1[C@H](C(C)(C)F)[C@@H](CC(=O)N2Cc3ccccc3C[C@H]2CO)O[C@]12C(=O)N(Cc1ccc(N3CCC3=O)cc1)c1ccccc12. The first-order valence-electron chi connectivity index (χ1n) is 16.2. The summed E-state index contributed by atoms with van der Waals surface area (Å²) in [5.74, 6) is -1.71. The second-order valence-corrected chi connectivity index (χ2v) is 13.7. The highest BCUT2D eigenvalue weighted by atomic mass is 19.1. The molecule has 5 atom stereocenters. The van der Waals surface area contributed by atoms with Crippen LogP contribution in [0.3, 0.4) is 0 Å². The summed E-state index contributed by atoms with van der Waals surface area (Å²) in [4.78, 5) is 45.6. The third-order valence-electron chi connectivity index (χ3n) is 10.6. The van der Waals surface area contributed by atoms with E-state index in [0.717, 1.165) is 22.4 Å². The Bertz CT molecular complexity index is 1690. The van der Waals surface area contributed by atoms with E-state index in [-0.39, 0.29) is 43.3 Å². The Balaban J connectivity index is 1.18. The molecule has 1 spiro atoms. The van der Waals surface area contributed by atoms with Crippen molar-refractivity contribution in [1.82, 2.24) is 4.90 Å². The minimum absolute atomic E-state index is 0.0982. The Kier molecular flexibility index (Phi) is 7.52. The summed E-state index contributed by atoms with van der Waals surface area (Å²) < 4.78 is 22.9. The number of alkyl halides is 1. The van der Waals surface area contributed by atoms with Crippen molar-refractivity contribution in [3.05, 3.63) is 95.1 Å². The molecule has 4 aliphatic heterocycles. The first-order chi connectivity index (χ1) is 22.0. The number of nitrogens with zero attached hydrogens (tertiary/aromatic N) is 3. The van der Waals surface area contributed by atoms with Crippen LogP contribution in [-0.2, 0) is 44.2 Å². The molecular weight excluding hydrogens is 585 g/mol. The lowest BCUT2D eigenvalue weighted by Gasteiger charge is -2.37. The smallest absolute Gasteiger partial charge is 0.264 e. The van der Waals surface area contributed by atoms with Crippen molar-refractivity contribution in [3.63, 3.8) is 0 Å². The van der Waals surface area contributed by atoms with Crippen molar-refractivity contribution in [2.75, 3.05) is 23.0 Å². The summed E-state index contributed by atoms with van der Waals surface area (Å²) in [6.45, 7) is 6.01. The van der Waals surface area contributed by atoms with E-state index in [1.807, 2.05) is 79.7 Å². The van der Waals surface area contributed by atoms with Gasteiger partial charge in [-0.05, 0) is 55.2 Å². The minimum atomic E-state index is -1.74. The molecule has 7 rings (SSSR count). The first kappa shape index (κ1) is 30.6. The lowest BCUT2D eigenvalue weighted by Crippen LogP contribution is -2.48. The standard InChI is InChI=1S/C37H40FN3O5/c1-23-34(36(2,3)38)31(19-33(44)40-21-26-9-5-4-8-25(26)18-28(40)22-42)46-37(23)29-10-6-7-11-30(29)41(35(37)45)20-24-12-14-27(15-13-24)39-17-16-32(39)43/h4-15,23,28,31,34,42H,16-22H2,1-3H3/t23-,28-,31+,34-,37+/m0/s1. The lowest BCUT2D eigenvalue weighted by molar-refractivity contribution is -0.151. The Morgan fingerprint density at radius 3 is 2.37 bits per heavy atom. The van der Waals surface area contributed by atoms with Crippen molar-refractivity contribution in [2.24, 2.45) is 11.8 Å². The number of amides is 3. The molecule has 9 heteroatoms. The van der Waals surface area contributed by atoms with E-state index in [1.54, 1.807) is 14.7 Å². The van der Waals surface area contributed by atoms with Crippen LogP contribution >= 0.6 is 0 Å². The third-order valence-corrected chi connectivity index (χ3v) is 10.6. The summed E-state index contributed by atoms with van der Waals surface area (Å²) in [6, 6.07) is 22.6. The molecule has 0 unspecified atom stereocenters. The first-order valence-corrected chi connectivity index (χ1v) is 16.2. The zero-order valence-electron chi connectivity index (χ0n) is 26.5. The number of aliphatic hydroxyl groups excluding tert-OH is 1. The number of anilines is 2. The minimum Gasteiger partial charge on any atom is -0.394 e. The fraction of sp³-hybridized carbons (Fsp3) is 0.432. The summed E-state index contributed by atoms with van der Waals surface area (Å²) in [6.07, 6.45) is 0.135. The van der Waals surface area contributed by atoms with Crippen molar-refractivity contribution in [3.8, 4) is 0 Å². The maximum Gasteiger partial charge on any atom is 0.264 e. The Hall–Kier alpha value is -4.08. The van der Waals surface area contributed by atoms with Crippen LogP contribution < -0.4 is 9.80 Å². The fourth-order valence-corrected chi connectivity index (χ4v) is 8.24. The number of carbonyl (C=O) groups excluding carboxylic acids is 3. The molecule has 8 nitrogen and oxygen atoms in total. The van der Waals surface area contributed by atoms with E-state index in [2.05, 4.69) is 0 Å². The topological polar surface area (TPSA) is 90.4 Å². The van der Waals surface area contributed by atoms with Gasteiger partial charge in [-0.3, -0.25) is 14.4 Å². The number of rotatable bonds is 7. The molecule has 1 N–H and O–H groups in total. The fourth-order valence-electron chi connectivity index (χ4n) is 8.24. The predicted molar refractivity (Wildman–Crippen MR) is 172 cm³/mol. The Labute approximate surface area is 268 Å². The van der Waals surface area contributed by atoms with E-state index < -0.39 is 29.2 Å². The van der Waals surface area contributed by atoms with Crippen molar-refractivity contribution in [2.45, 2.75) is 76.5 Å². The van der Waals surface area contributed by atoms with Crippen LogP contribution in [0.25, 0.3) is 0 Å². The summed E-state index contributed by atoms with van der Waals surface area (Å²) in [7, 11) is 0. The Morgan fingerprint density at radius 2 is 1.72 bits per heavy atom. The van der Waals surface area contributed by atoms with Crippen molar-refractivity contribution >= 4 is 29.1 Å². The molecule has 4 heterocycles. The highest BCUT2D eigenvalue weighted by Gasteiger charge is 2.66. The molecule has 2 fully saturated rings. The van der Waals surface area contributed by atoms with Gasteiger partial charge < -0.3 is 24.5 Å². The second-order valence-electron chi connectivity index (χ2n) is 13.7. The molecule has 0 aromatic heterocycles. The van der Waals surface area contributed by atoms with Gasteiger partial charge >= 0.3 is 0 Å². The van der Waals surface area contributed by atoms with Crippen LogP contribution in [0.4, 0.5) is 15.8 Å². The number of halogens is 1. The van der Waals surface area contributed by atoms with E-state index in [1.165, 1.54) is 13.8 Å². The van der Waals surface area contributed by atoms with E-state index in [9.17, 15) is 19.5 Å². The molecule has 3 aromatic rings. The summed E-state index contributed by atoms with van der Waals surface area (Å²) in [5.41, 5.74) is 2.04. The highest BCUT2D eigenvalue weighted by Crippen LogP contribution is 2.58. The average Bonchev–Trinajstić information content (AvgIpc) is 3.46. The number of hydrogen-bond donors (Lipinski definition) is 1. The van der Waals surface area contributed by atoms with Gasteiger partial charge in [0, 0.05) is 42.6 Å². The molecule has 0 saturated carbocycles. The maximum absolute atomic E-state index is 16.2. The normalized spacial score (nSPS) is 27.2. The lowest BCUT2D eigenvalue weighted by atomic mass is 9.71. The van der Waals surface area contributed by atoms with E-state index in [0.29, 0.717) is 37.2 Å². The van der Waals surface area contributed by atoms with Gasteiger partial charge in [-0.25, -0.2) is 4.39 Å². The van der Waals surface area contributed by atoms with E-state index in [4.69, 9.17) is 4.74 Å². The number of fused-ring (bicyclic) bond motifs is 3. The van der Waals surface area contributed by atoms with Gasteiger partial charge in [0.25, 0.3) is 5.91 Å². The molecular formula is C37H40FN3O5. The molecule has 0 aliphatic carbocycles. The number of para-hydroxylation sites is 1. The van der Waals surface area contributed by atoms with Gasteiger partial charge in [-0.15, -0.1) is 0 Å². The summed E-state index contributed by atoms with van der Waals surface area (Å²) >= 11 is 0.